The third-order valence-electron chi connectivity index (χ3n) is 3.37. The van der Waals surface area contributed by atoms with Crippen LogP contribution in [0.25, 0.3) is 0 Å². The summed E-state index contributed by atoms with van der Waals surface area (Å²) in [4.78, 5) is 23.0. The van der Waals surface area contributed by atoms with E-state index in [1.54, 1.807) is 0 Å². The van der Waals surface area contributed by atoms with Gasteiger partial charge in [0.2, 0.25) is 11.8 Å². The molecule has 126 valence electrons. The SMILES string of the molecule is CCc1ccc(NC(=O)CNc2cc(NC(C)=O)ccc2F)cc1. The number of anilines is 3. The molecule has 6 heteroatoms. The van der Waals surface area contributed by atoms with E-state index in [1.807, 2.05) is 24.3 Å². The molecule has 24 heavy (non-hydrogen) atoms. The van der Waals surface area contributed by atoms with Gasteiger partial charge < -0.3 is 16.0 Å². The van der Waals surface area contributed by atoms with E-state index in [0.717, 1.165) is 6.42 Å². The highest BCUT2D eigenvalue weighted by Crippen LogP contribution is 2.19. The minimum Gasteiger partial charge on any atom is -0.374 e. The number of benzene rings is 2. The molecular formula is C18H20FN3O2. The van der Waals surface area contributed by atoms with Gasteiger partial charge in [0.25, 0.3) is 0 Å². The Morgan fingerprint density at radius 3 is 2.29 bits per heavy atom. The van der Waals surface area contributed by atoms with Crippen molar-refractivity contribution in [3.05, 3.63) is 53.8 Å². The van der Waals surface area contributed by atoms with Gasteiger partial charge in [-0.1, -0.05) is 19.1 Å². The highest BCUT2D eigenvalue weighted by molar-refractivity contribution is 5.94. The summed E-state index contributed by atoms with van der Waals surface area (Å²) in [6, 6.07) is 11.7. The molecular weight excluding hydrogens is 309 g/mol. The molecule has 0 saturated carbocycles. The lowest BCUT2D eigenvalue weighted by atomic mass is 10.1. The van der Waals surface area contributed by atoms with Gasteiger partial charge >= 0.3 is 0 Å². The number of carbonyl (C=O) groups is 2. The average molecular weight is 329 g/mol. The Hall–Kier alpha value is -2.89. The molecule has 2 amide bonds. The number of carbonyl (C=O) groups excluding carboxylic acids is 2. The van der Waals surface area contributed by atoms with Gasteiger partial charge in [-0.15, -0.1) is 0 Å². The lowest BCUT2D eigenvalue weighted by molar-refractivity contribution is -0.115. The van der Waals surface area contributed by atoms with Crippen LogP contribution in [0.2, 0.25) is 0 Å². The van der Waals surface area contributed by atoms with Gasteiger partial charge in [-0.2, -0.15) is 0 Å². The first-order valence-corrected chi connectivity index (χ1v) is 7.67. The molecule has 0 atom stereocenters. The zero-order valence-corrected chi connectivity index (χ0v) is 13.7. The van der Waals surface area contributed by atoms with Crippen molar-refractivity contribution in [2.24, 2.45) is 0 Å². The normalized spacial score (nSPS) is 10.1. The molecule has 5 nitrogen and oxygen atoms in total. The second-order valence-electron chi connectivity index (χ2n) is 5.33. The molecule has 2 aromatic rings. The standard InChI is InChI=1S/C18H20FN3O2/c1-3-13-4-6-14(7-5-13)22-18(24)11-20-17-10-15(21-12(2)23)8-9-16(17)19/h4-10,20H,3,11H2,1-2H3,(H,21,23)(H,22,24). The minimum absolute atomic E-state index is 0.0873. The van der Waals surface area contributed by atoms with Crippen LogP contribution < -0.4 is 16.0 Å². The second kappa shape index (κ2) is 8.10. The summed E-state index contributed by atoms with van der Waals surface area (Å²) >= 11 is 0. The zero-order valence-electron chi connectivity index (χ0n) is 13.7. The fraction of sp³-hybridized carbons (Fsp3) is 0.222. The van der Waals surface area contributed by atoms with Crippen LogP contribution >= 0.6 is 0 Å². The molecule has 3 N–H and O–H groups in total. The van der Waals surface area contributed by atoms with Crippen LogP contribution in [0.1, 0.15) is 19.4 Å². The number of nitrogens with one attached hydrogen (secondary N) is 3. The minimum atomic E-state index is -0.496. The molecule has 0 aromatic heterocycles. The highest BCUT2D eigenvalue weighted by Gasteiger charge is 2.07. The quantitative estimate of drug-likeness (QED) is 0.761. The molecule has 0 saturated heterocycles. The van der Waals surface area contributed by atoms with Gasteiger partial charge in [-0.25, -0.2) is 4.39 Å². The molecule has 0 unspecified atom stereocenters. The van der Waals surface area contributed by atoms with Crippen LogP contribution in [0.5, 0.6) is 0 Å². The molecule has 0 heterocycles. The summed E-state index contributed by atoms with van der Waals surface area (Å²) in [5, 5.41) is 8.03. The predicted molar refractivity (Wildman–Crippen MR) is 93.6 cm³/mol. The topological polar surface area (TPSA) is 70.2 Å². The Morgan fingerprint density at radius 2 is 1.67 bits per heavy atom. The zero-order chi connectivity index (χ0) is 17.5. The van der Waals surface area contributed by atoms with Crippen LogP contribution in [-0.2, 0) is 16.0 Å². The van der Waals surface area contributed by atoms with Gasteiger partial charge in [0.05, 0.1) is 12.2 Å². The first kappa shape index (κ1) is 17.5. The first-order chi connectivity index (χ1) is 11.5. The van der Waals surface area contributed by atoms with Gasteiger partial charge in [0, 0.05) is 18.3 Å². The number of aryl methyl sites for hydroxylation is 1. The lowest BCUT2D eigenvalue weighted by Crippen LogP contribution is -2.22. The van der Waals surface area contributed by atoms with Crippen LogP contribution in [0.3, 0.4) is 0 Å². The van der Waals surface area contributed by atoms with Gasteiger partial charge in [-0.3, -0.25) is 9.59 Å². The molecule has 0 aliphatic rings. The van der Waals surface area contributed by atoms with E-state index in [9.17, 15) is 14.0 Å². The third-order valence-corrected chi connectivity index (χ3v) is 3.37. The van der Waals surface area contributed by atoms with Crippen molar-refractivity contribution in [1.29, 1.82) is 0 Å². The second-order valence-corrected chi connectivity index (χ2v) is 5.33. The summed E-state index contributed by atoms with van der Waals surface area (Å²) in [7, 11) is 0. The Balaban J connectivity index is 1.94. The summed E-state index contributed by atoms with van der Waals surface area (Å²) < 4.78 is 13.8. The molecule has 2 rings (SSSR count). The summed E-state index contributed by atoms with van der Waals surface area (Å²) in [5.41, 5.74) is 2.48. The molecule has 2 aromatic carbocycles. The van der Waals surface area contributed by atoms with E-state index in [0.29, 0.717) is 11.4 Å². The number of rotatable bonds is 6. The summed E-state index contributed by atoms with van der Waals surface area (Å²) in [6.45, 7) is 3.34. The van der Waals surface area contributed by atoms with E-state index in [2.05, 4.69) is 22.9 Å². The Bertz CT molecular complexity index is 730. The van der Waals surface area contributed by atoms with Crippen molar-refractivity contribution < 1.29 is 14.0 Å². The Morgan fingerprint density at radius 1 is 1.00 bits per heavy atom. The molecule has 0 aliphatic heterocycles. The van der Waals surface area contributed by atoms with Crippen molar-refractivity contribution in [3.63, 3.8) is 0 Å². The van der Waals surface area contributed by atoms with Crippen molar-refractivity contribution >= 4 is 28.9 Å². The van der Waals surface area contributed by atoms with Crippen LogP contribution in [-0.4, -0.2) is 18.4 Å². The number of halogens is 1. The maximum atomic E-state index is 13.8. The largest absolute Gasteiger partial charge is 0.374 e. The maximum absolute atomic E-state index is 13.8. The van der Waals surface area contributed by atoms with E-state index in [-0.39, 0.29) is 24.0 Å². The molecule has 0 aliphatic carbocycles. The summed E-state index contributed by atoms with van der Waals surface area (Å²) in [5.74, 6) is -1.03. The average Bonchev–Trinajstić information content (AvgIpc) is 2.55. The van der Waals surface area contributed by atoms with Gasteiger partial charge in [0.1, 0.15) is 5.82 Å². The van der Waals surface area contributed by atoms with Gasteiger partial charge in [-0.05, 0) is 42.3 Å². The maximum Gasteiger partial charge on any atom is 0.243 e. The van der Waals surface area contributed by atoms with Crippen molar-refractivity contribution in [2.45, 2.75) is 20.3 Å². The third kappa shape index (κ3) is 5.08. The summed E-state index contributed by atoms with van der Waals surface area (Å²) in [6.07, 6.45) is 0.930. The van der Waals surface area contributed by atoms with Crippen molar-refractivity contribution in [3.8, 4) is 0 Å². The highest BCUT2D eigenvalue weighted by atomic mass is 19.1. The number of hydrogen-bond donors (Lipinski definition) is 3. The van der Waals surface area contributed by atoms with E-state index in [1.165, 1.54) is 30.7 Å². The fourth-order valence-corrected chi connectivity index (χ4v) is 2.15. The molecule has 0 fully saturated rings. The van der Waals surface area contributed by atoms with Crippen molar-refractivity contribution in [2.75, 3.05) is 22.5 Å². The molecule has 0 radical (unpaired) electrons. The monoisotopic (exact) mass is 329 g/mol. The fourth-order valence-electron chi connectivity index (χ4n) is 2.15. The number of hydrogen-bond acceptors (Lipinski definition) is 3. The van der Waals surface area contributed by atoms with Crippen LogP contribution in [0, 0.1) is 5.82 Å². The molecule has 0 bridgehead atoms. The first-order valence-electron chi connectivity index (χ1n) is 7.67. The van der Waals surface area contributed by atoms with Crippen molar-refractivity contribution in [1.82, 2.24) is 0 Å². The van der Waals surface area contributed by atoms with Crippen LogP contribution in [0.15, 0.2) is 42.5 Å². The van der Waals surface area contributed by atoms with Crippen LogP contribution in [0.4, 0.5) is 21.5 Å². The Labute approximate surface area is 140 Å². The smallest absolute Gasteiger partial charge is 0.243 e. The van der Waals surface area contributed by atoms with Gasteiger partial charge in [0.15, 0.2) is 0 Å². The number of amides is 2. The predicted octanol–water partition coefficient (Wildman–Crippen LogP) is 3.40. The Kier molecular flexibility index (Phi) is 5.89. The molecule has 0 spiro atoms. The van der Waals surface area contributed by atoms with E-state index >= 15 is 0 Å². The van der Waals surface area contributed by atoms with E-state index in [4.69, 9.17) is 0 Å². The lowest BCUT2D eigenvalue weighted by Gasteiger charge is -2.11. The van der Waals surface area contributed by atoms with E-state index < -0.39 is 5.82 Å².